The summed E-state index contributed by atoms with van der Waals surface area (Å²) in [5.74, 6) is 0. The number of ether oxygens (including phenoxy) is 2. The van der Waals surface area contributed by atoms with Crippen LogP contribution in [0, 0.1) is 0 Å². The van der Waals surface area contributed by atoms with Crippen LogP contribution in [0.5, 0.6) is 0 Å². The molecule has 0 radical (unpaired) electrons. The summed E-state index contributed by atoms with van der Waals surface area (Å²) in [5, 5.41) is 3.42. The third-order valence-electron chi connectivity index (χ3n) is 4.04. The van der Waals surface area contributed by atoms with Crippen LogP contribution in [0.2, 0.25) is 0 Å². The Bertz CT molecular complexity index is 208. The number of morpholine rings is 1. The van der Waals surface area contributed by atoms with Gasteiger partial charge in [-0.25, -0.2) is 0 Å². The fourth-order valence-corrected chi connectivity index (χ4v) is 2.57. The summed E-state index contributed by atoms with van der Waals surface area (Å²) in [6, 6.07) is 0.366. The molecule has 2 unspecified atom stereocenters. The largest absolute Gasteiger partial charge is 0.380 e. The molecule has 4 heteroatoms. The Morgan fingerprint density at radius 2 is 2.00 bits per heavy atom. The van der Waals surface area contributed by atoms with Crippen molar-refractivity contribution in [2.45, 2.75) is 38.8 Å². The van der Waals surface area contributed by atoms with Crippen LogP contribution in [0.3, 0.4) is 0 Å². The second kappa shape index (κ2) is 7.31. The summed E-state index contributed by atoms with van der Waals surface area (Å²) in [5.41, 5.74) is 0.147. The molecule has 4 nitrogen and oxygen atoms in total. The molecule has 102 valence electrons. The van der Waals surface area contributed by atoms with E-state index in [9.17, 15) is 0 Å². The Morgan fingerprint density at radius 3 is 2.47 bits per heavy atom. The van der Waals surface area contributed by atoms with Gasteiger partial charge in [-0.05, 0) is 27.3 Å². The van der Waals surface area contributed by atoms with Crippen LogP contribution in [0.25, 0.3) is 0 Å². The molecule has 0 aromatic heterocycles. The summed E-state index contributed by atoms with van der Waals surface area (Å²) in [7, 11) is 2.03. The first-order valence-corrected chi connectivity index (χ1v) is 6.76. The third kappa shape index (κ3) is 3.65. The highest BCUT2D eigenvalue weighted by molar-refractivity contribution is 4.96. The number of likely N-dealkylation sites (N-methyl/N-ethyl adjacent to an activating group) is 1. The molecule has 1 fully saturated rings. The van der Waals surface area contributed by atoms with Crippen LogP contribution in [0.15, 0.2) is 0 Å². The maximum atomic E-state index is 5.60. The molecule has 0 aromatic rings. The maximum absolute atomic E-state index is 5.60. The predicted octanol–water partition coefficient (Wildman–Crippen LogP) is 1.11. The van der Waals surface area contributed by atoms with Crippen molar-refractivity contribution in [2.75, 3.05) is 46.6 Å². The molecule has 1 N–H and O–H groups in total. The molecule has 0 bridgehead atoms. The Labute approximate surface area is 106 Å². The van der Waals surface area contributed by atoms with Crippen LogP contribution in [0.4, 0.5) is 0 Å². The summed E-state index contributed by atoms with van der Waals surface area (Å²) >= 11 is 0. The van der Waals surface area contributed by atoms with E-state index >= 15 is 0 Å². The van der Waals surface area contributed by atoms with E-state index in [0.29, 0.717) is 6.04 Å². The Hall–Kier alpha value is -0.160. The third-order valence-corrected chi connectivity index (χ3v) is 4.04. The van der Waals surface area contributed by atoms with Crippen LogP contribution in [-0.2, 0) is 9.47 Å². The van der Waals surface area contributed by atoms with Gasteiger partial charge in [0.05, 0.1) is 19.8 Å². The van der Waals surface area contributed by atoms with Gasteiger partial charge in [-0.2, -0.15) is 0 Å². The van der Waals surface area contributed by atoms with Crippen molar-refractivity contribution < 1.29 is 9.47 Å². The standard InChI is InChI=1S/C13H28N2O2/c1-5-13(3,12(14-4)11-16-6-2)15-7-9-17-10-8-15/h12,14H,5-11H2,1-4H3. The van der Waals surface area contributed by atoms with Gasteiger partial charge in [-0.15, -0.1) is 0 Å². The fourth-order valence-electron chi connectivity index (χ4n) is 2.57. The van der Waals surface area contributed by atoms with Crippen molar-refractivity contribution in [2.24, 2.45) is 0 Å². The van der Waals surface area contributed by atoms with Gasteiger partial charge < -0.3 is 14.8 Å². The number of nitrogens with one attached hydrogen (secondary N) is 1. The van der Waals surface area contributed by atoms with Crippen molar-refractivity contribution in [1.29, 1.82) is 0 Å². The quantitative estimate of drug-likeness (QED) is 0.727. The maximum Gasteiger partial charge on any atom is 0.0637 e. The van der Waals surface area contributed by atoms with Gasteiger partial charge in [-0.1, -0.05) is 6.92 Å². The van der Waals surface area contributed by atoms with Crippen molar-refractivity contribution in [3.8, 4) is 0 Å². The Kier molecular flexibility index (Phi) is 6.41. The van der Waals surface area contributed by atoms with E-state index in [2.05, 4.69) is 24.1 Å². The van der Waals surface area contributed by atoms with Crippen molar-refractivity contribution >= 4 is 0 Å². The van der Waals surface area contributed by atoms with Gasteiger partial charge in [0.15, 0.2) is 0 Å². The minimum atomic E-state index is 0.147. The lowest BCUT2D eigenvalue weighted by Gasteiger charge is -2.47. The topological polar surface area (TPSA) is 33.7 Å². The van der Waals surface area contributed by atoms with Gasteiger partial charge in [0.25, 0.3) is 0 Å². The molecule has 17 heavy (non-hydrogen) atoms. The summed E-state index contributed by atoms with van der Waals surface area (Å²) in [6.07, 6.45) is 1.12. The lowest BCUT2D eigenvalue weighted by molar-refractivity contribution is -0.0445. The van der Waals surface area contributed by atoms with Crippen LogP contribution >= 0.6 is 0 Å². The van der Waals surface area contributed by atoms with Crippen molar-refractivity contribution in [3.05, 3.63) is 0 Å². The lowest BCUT2D eigenvalue weighted by Crippen LogP contribution is -2.62. The first-order valence-electron chi connectivity index (χ1n) is 6.76. The van der Waals surface area contributed by atoms with Crippen molar-refractivity contribution in [1.82, 2.24) is 10.2 Å². The summed E-state index contributed by atoms with van der Waals surface area (Å²) in [4.78, 5) is 2.54. The fraction of sp³-hybridized carbons (Fsp3) is 1.00. The summed E-state index contributed by atoms with van der Waals surface area (Å²) in [6.45, 7) is 11.9. The normalized spacial score (nSPS) is 23.3. The monoisotopic (exact) mass is 244 g/mol. The second-order valence-corrected chi connectivity index (χ2v) is 4.81. The molecule has 0 aliphatic carbocycles. The number of rotatable bonds is 7. The van der Waals surface area contributed by atoms with Gasteiger partial charge in [0.2, 0.25) is 0 Å². The van der Waals surface area contributed by atoms with Gasteiger partial charge in [0, 0.05) is 31.3 Å². The highest BCUT2D eigenvalue weighted by Crippen LogP contribution is 2.25. The number of nitrogens with zero attached hydrogens (tertiary/aromatic N) is 1. The van der Waals surface area contributed by atoms with Gasteiger partial charge in [-0.3, -0.25) is 4.90 Å². The zero-order chi connectivity index (χ0) is 12.7. The molecule has 0 saturated carbocycles. The molecular formula is C13H28N2O2. The zero-order valence-electron chi connectivity index (χ0n) is 11.8. The van der Waals surface area contributed by atoms with Crippen molar-refractivity contribution in [3.63, 3.8) is 0 Å². The highest BCUT2D eigenvalue weighted by Gasteiger charge is 2.38. The van der Waals surface area contributed by atoms with Crippen LogP contribution in [-0.4, -0.2) is 63.0 Å². The number of hydrogen-bond acceptors (Lipinski definition) is 4. The highest BCUT2D eigenvalue weighted by atomic mass is 16.5. The SMILES string of the molecule is CCOCC(NC)C(C)(CC)N1CCOCC1. The molecule has 1 heterocycles. The molecule has 1 aliphatic rings. The molecule has 0 aromatic carbocycles. The van der Waals surface area contributed by atoms with E-state index in [4.69, 9.17) is 9.47 Å². The van der Waals surface area contributed by atoms with E-state index in [1.165, 1.54) is 0 Å². The molecule has 1 aliphatic heterocycles. The minimum Gasteiger partial charge on any atom is -0.380 e. The van der Waals surface area contributed by atoms with E-state index in [1.54, 1.807) is 0 Å². The second-order valence-electron chi connectivity index (χ2n) is 4.81. The Morgan fingerprint density at radius 1 is 1.35 bits per heavy atom. The molecule has 1 rings (SSSR count). The lowest BCUT2D eigenvalue weighted by atomic mass is 9.87. The van der Waals surface area contributed by atoms with E-state index in [0.717, 1.165) is 45.9 Å². The Balaban J connectivity index is 2.68. The smallest absolute Gasteiger partial charge is 0.0637 e. The van der Waals surface area contributed by atoms with Crippen LogP contribution in [0.1, 0.15) is 27.2 Å². The number of hydrogen-bond donors (Lipinski definition) is 1. The molecule has 2 atom stereocenters. The minimum absolute atomic E-state index is 0.147. The van der Waals surface area contributed by atoms with Gasteiger partial charge in [0.1, 0.15) is 0 Å². The molecule has 0 spiro atoms. The first kappa shape index (κ1) is 14.9. The average molecular weight is 244 g/mol. The van der Waals surface area contributed by atoms with Crippen LogP contribution < -0.4 is 5.32 Å². The molecular weight excluding hydrogens is 216 g/mol. The summed E-state index contributed by atoms with van der Waals surface area (Å²) < 4.78 is 11.0. The van der Waals surface area contributed by atoms with E-state index < -0.39 is 0 Å². The van der Waals surface area contributed by atoms with Gasteiger partial charge >= 0.3 is 0 Å². The zero-order valence-corrected chi connectivity index (χ0v) is 11.8. The van der Waals surface area contributed by atoms with E-state index in [1.807, 2.05) is 14.0 Å². The predicted molar refractivity (Wildman–Crippen MR) is 70.4 cm³/mol. The molecule has 1 saturated heterocycles. The average Bonchev–Trinajstić information content (AvgIpc) is 2.40. The molecule has 0 amide bonds. The first-order chi connectivity index (χ1) is 8.19. The van der Waals surface area contributed by atoms with E-state index in [-0.39, 0.29) is 5.54 Å².